The van der Waals surface area contributed by atoms with Gasteiger partial charge in [-0.2, -0.15) is 0 Å². The Morgan fingerprint density at radius 1 is 1.18 bits per heavy atom. The Morgan fingerprint density at radius 3 is 2.71 bits per heavy atom. The molecule has 0 spiro atoms. The standard InChI is InChI=1S/C22H22N2O4/c1-5-24-16-10-15(6-7-17(16)27-11-19(24)25)23-22(26)21-14(4)20-13(3)8-12(2)9-18(20)28-21/h6-10H,5,11H2,1-4H3,(H,23,26). The van der Waals surface area contributed by atoms with Crippen molar-refractivity contribution in [1.29, 1.82) is 0 Å². The van der Waals surface area contributed by atoms with Crippen molar-refractivity contribution >= 4 is 34.2 Å². The summed E-state index contributed by atoms with van der Waals surface area (Å²) >= 11 is 0. The molecule has 1 aliphatic heterocycles. The van der Waals surface area contributed by atoms with Gasteiger partial charge in [-0.1, -0.05) is 6.07 Å². The number of carbonyl (C=O) groups excluding carboxylic acids is 2. The minimum atomic E-state index is -0.322. The van der Waals surface area contributed by atoms with Crippen molar-refractivity contribution in [3.63, 3.8) is 0 Å². The fourth-order valence-electron chi connectivity index (χ4n) is 3.82. The van der Waals surface area contributed by atoms with Crippen molar-refractivity contribution < 1.29 is 18.7 Å². The number of benzene rings is 2. The summed E-state index contributed by atoms with van der Waals surface area (Å²) in [4.78, 5) is 26.6. The maximum atomic E-state index is 12.9. The van der Waals surface area contributed by atoms with Crippen LogP contribution in [0.5, 0.6) is 5.75 Å². The molecule has 2 heterocycles. The number of likely N-dealkylation sites (N-methyl/N-ethyl adjacent to an activating group) is 1. The van der Waals surface area contributed by atoms with Crippen LogP contribution in [0.15, 0.2) is 34.7 Å². The topological polar surface area (TPSA) is 71.8 Å². The molecule has 6 heteroatoms. The highest BCUT2D eigenvalue weighted by molar-refractivity contribution is 6.07. The van der Waals surface area contributed by atoms with Gasteiger partial charge in [0.05, 0.1) is 5.69 Å². The highest BCUT2D eigenvalue weighted by Gasteiger charge is 2.25. The van der Waals surface area contributed by atoms with E-state index in [1.807, 2.05) is 33.8 Å². The summed E-state index contributed by atoms with van der Waals surface area (Å²) in [5.41, 5.74) is 4.93. The molecule has 3 aromatic rings. The summed E-state index contributed by atoms with van der Waals surface area (Å²) in [6, 6.07) is 9.29. The predicted molar refractivity (Wildman–Crippen MR) is 108 cm³/mol. The number of ether oxygens (including phenoxy) is 1. The molecular weight excluding hydrogens is 356 g/mol. The zero-order chi connectivity index (χ0) is 20.0. The van der Waals surface area contributed by atoms with Crippen molar-refractivity contribution in [1.82, 2.24) is 0 Å². The first-order valence-electron chi connectivity index (χ1n) is 9.28. The molecule has 0 unspecified atom stereocenters. The molecule has 4 rings (SSSR count). The predicted octanol–water partition coefficient (Wildman–Crippen LogP) is 4.36. The van der Waals surface area contributed by atoms with Gasteiger partial charge < -0.3 is 19.4 Å². The number of fused-ring (bicyclic) bond motifs is 2. The normalized spacial score (nSPS) is 13.4. The quantitative estimate of drug-likeness (QED) is 0.735. The molecule has 1 aliphatic rings. The number of nitrogens with one attached hydrogen (secondary N) is 1. The molecule has 28 heavy (non-hydrogen) atoms. The Labute approximate surface area is 163 Å². The third kappa shape index (κ3) is 2.91. The highest BCUT2D eigenvalue weighted by atomic mass is 16.5. The van der Waals surface area contributed by atoms with Gasteiger partial charge in [0.2, 0.25) is 0 Å². The molecule has 0 saturated heterocycles. The van der Waals surface area contributed by atoms with E-state index in [-0.39, 0.29) is 18.4 Å². The average molecular weight is 378 g/mol. The lowest BCUT2D eigenvalue weighted by molar-refractivity contribution is -0.121. The summed E-state index contributed by atoms with van der Waals surface area (Å²) in [7, 11) is 0. The van der Waals surface area contributed by atoms with E-state index >= 15 is 0 Å². The third-order valence-corrected chi connectivity index (χ3v) is 5.05. The van der Waals surface area contributed by atoms with Gasteiger partial charge in [-0.3, -0.25) is 9.59 Å². The second-order valence-corrected chi connectivity index (χ2v) is 7.07. The van der Waals surface area contributed by atoms with Crippen LogP contribution in [0.4, 0.5) is 11.4 Å². The molecular formula is C22H22N2O4. The van der Waals surface area contributed by atoms with Gasteiger partial charge in [-0.15, -0.1) is 0 Å². The number of nitrogens with zero attached hydrogens (tertiary/aromatic N) is 1. The lowest BCUT2D eigenvalue weighted by atomic mass is 10.0. The fraction of sp³-hybridized carbons (Fsp3) is 0.273. The summed E-state index contributed by atoms with van der Waals surface area (Å²) < 4.78 is 11.3. The van der Waals surface area contributed by atoms with Crippen LogP contribution < -0.4 is 15.0 Å². The largest absolute Gasteiger partial charge is 0.482 e. The Bertz CT molecular complexity index is 1110. The minimum absolute atomic E-state index is 0.0312. The average Bonchev–Trinajstić information content (AvgIpc) is 2.98. The SMILES string of the molecule is CCN1C(=O)COc2ccc(NC(=O)c3oc4cc(C)cc(C)c4c3C)cc21. The number of furan rings is 1. The Morgan fingerprint density at radius 2 is 1.96 bits per heavy atom. The van der Waals surface area contributed by atoms with E-state index in [1.54, 1.807) is 23.1 Å². The van der Waals surface area contributed by atoms with Crippen LogP contribution in [-0.4, -0.2) is 25.0 Å². The molecule has 0 fully saturated rings. The van der Waals surface area contributed by atoms with Crippen LogP contribution in [0.3, 0.4) is 0 Å². The van der Waals surface area contributed by atoms with Gasteiger partial charge in [0, 0.05) is 23.2 Å². The van der Waals surface area contributed by atoms with Crippen molar-refractivity contribution in [3.8, 4) is 5.75 Å². The first-order valence-corrected chi connectivity index (χ1v) is 9.28. The van der Waals surface area contributed by atoms with Gasteiger partial charge in [-0.25, -0.2) is 0 Å². The van der Waals surface area contributed by atoms with Gasteiger partial charge in [0.1, 0.15) is 11.3 Å². The van der Waals surface area contributed by atoms with E-state index < -0.39 is 0 Å². The van der Waals surface area contributed by atoms with Gasteiger partial charge in [0.25, 0.3) is 11.8 Å². The van der Waals surface area contributed by atoms with Gasteiger partial charge in [0.15, 0.2) is 12.4 Å². The second kappa shape index (κ2) is 6.71. The molecule has 0 saturated carbocycles. The fourth-order valence-corrected chi connectivity index (χ4v) is 3.82. The summed E-state index contributed by atoms with van der Waals surface area (Å²) in [5.74, 6) is 0.501. The van der Waals surface area contributed by atoms with Crippen LogP contribution in [-0.2, 0) is 4.79 Å². The maximum absolute atomic E-state index is 12.9. The van der Waals surface area contributed by atoms with Crippen LogP contribution in [0.25, 0.3) is 11.0 Å². The Hall–Kier alpha value is -3.28. The molecule has 0 radical (unpaired) electrons. The number of rotatable bonds is 3. The van der Waals surface area contributed by atoms with Crippen molar-refractivity contribution in [2.24, 2.45) is 0 Å². The summed E-state index contributed by atoms with van der Waals surface area (Å²) in [6.07, 6.45) is 0. The first kappa shape index (κ1) is 18.1. The minimum Gasteiger partial charge on any atom is -0.482 e. The molecule has 1 aromatic heterocycles. The molecule has 144 valence electrons. The molecule has 0 atom stereocenters. The first-order chi connectivity index (χ1) is 13.4. The number of carbonyl (C=O) groups is 2. The summed E-state index contributed by atoms with van der Waals surface area (Å²) in [6.45, 7) is 8.37. The van der Waals surface area contributed by atoms with Gasteiger partial charge >= 0.3 is 0 Å². The number of hydrogen-bond donors (Lipinski definition) is 1. The van der Waals surface area contributed by atoms with Crippen LogP contribution in [0, 0.1) is 20.8 Å². The van der Waals surface area contributed by atoms with E-state index in [0.29, 0.717) is 35.0 Å². The lowest BCUT2D eigenvalue weighted by Crippen LogP contribution is -2.38. The van der Waals surface area contributed by atoms with E-state index in [1.165, 1.54) is 0 Å². The zero-order valence-corrected chi connectivity index (χ0v) is 16.4. The smallest absolute Gasteiger partial charge is 0.291 e. The highest BCUT2D eigenvalue weighted by Crippen LogP contribution is 2.35. The van der Waals surface area contributed by atoms with Crippen LogP contribution >= 0.6 is 0 Å². The molecule has 1 N–H and O–H groups in total. The van der Waals surface area contributed by atoms with Crippen LogP contribution in [0.1, 0.15) is 34.2 Å². The molecule has 0 bridgehead atoms. The number of anilines is 2. The summed E-state index contributed by atoms with van der Waals surface area (Å²) in [5, 5.41) is 3.85. The van der Waals surface area contributed by atoms with E-state index in [9.17, 15) is 9.59 Å². The monoisotopic (exact) mass is 378 g/mol. The number of amides is 2. The van der Waals surface area contributed by atoms with E-state index in [4.69, 9.17) is 9.15 Å². The van der Waals surface area contributed by atoms with E-state index in [0.717, 1.165) is 22.1 Å². The Balaban J connectivity index is 1.67. The Kier molecular flexibility index (Phi) is 4.34. The third-order valence-electron chi connectivity index (χ3n) is 5.05. The molecule has 2 aromatic carbocycles. The van der Waals surface area contributed by atoms with Crippen molar-refractivity contribution in [2.75, 3.05) is 23.4 Å². The maximum Gasteiger partial charge on any atom is 0.291 e. The lowest BCUT2D eigenvalue weighted by Gasteiger charge is -2.28. The second-order valence-electron chi connectivity index (χ2n) is 7.07. The van der Waals surface area contributed by atoms with E-state index in [2.05, 4.69) is 11.4 Å². The molecule has 2 amide bonds. The molecule has 0 aliphatic carbocycles. The number of aryl methyl sites for hydroxylation is 3. The molecule has 6 nitrogen and oxygen atoms in total. The van der Waals surface area contributed by atoms with Gasteiger partial charge in [-0.05, 0) is 63.1 Å². The van der Waals surface area contributed by atoms with Crippen molar-refractivity contribution in [2.45, 2.75) is 27.7 Å². The van der Waals surface area contributed by atoms with Crippen LogP contribution in [0.2, 0.25) is 0 Å². The van der Waals surface area contributed by atoms with Crippen molar-refractivity contribution in [3.05, 3.63) is 52.8 Å². The number of hydrogen-bond acceptors (Lipinski definition) is 4. The zero-order valence-electron chi connectivity index (χ0n) is 16.4.